The van der Waals surface area contributed by atoms with E-state index < -0.39 is 15.8 Å². The zero-order valence-electron chi connectivity index (χ0n) is 16.4. The topological polar surface area (TPSA) is 79.5 Å². The molecule has 2 aliphatic heterocycles. The Hall–Kier alpha value is -1.84. The summed E-state index contributed by atoms with van der Waals surface area (Å²) in [4.78, 5) is 6.66. The molecule has 2 aromatic rings. The van der Waals surface area contributed by atoms with E-state index in [0.29, 0.717) is 30.4 Å². The SMILES string of the molecule is Cc1nc(C2CC3(CCN(S(=O)(=O)c4cc(F)ccc4C)CC3)CN2C)no1. The van der Waals surface area contributed by atoms with Crippen LogP contribution in [0, 0.1) is 25.1 Å². The van der Waals surface area contributed by atoms with Gasteiger partial charge in [0.2, 0.25) is 15.9 Å². The van der Waals surface area contributed by atoms with Crippen molar-refractivity contribution in [3.8, 4) is 0 Å². The van der Waals surface area contributed by atoms with E-state index in [1.807, 2.05) is 7.05 Å². The van der Waals surface area contributed by atoms with E-state index >= 15 is 0 Å². The fourth-order valence-corrected chi connectivity index (χ4v) is 6.24. The number of rotatable bonds is 3. The second-order valence-corrected chi connectivity index (χ2v) is 10.0. The van der Waals surface area contributed by atoms with Gasteiger partial charge in [0, 0.05) is 26.6 Å². The number of halogens is 1. The molecule has 152 valence electrons. The lowest BCUT2D eigenvalue weighted by Gasteiger charge is -2.38. The zero-order chi connectivity index (χ0) is 20.1. The predicted molar refractivity (Wildman–Crippen MR) is 101 cm³/mol. The van der Waals surface area contributed by atoms with Crippen LogP contribution in [0.4, 0.5) is 4.39 Å². The van der Waals surface area contributed by atoms with Crippen molar-refractivity contribution in [1.82, 2.24) is 19.3 Å². The first-order valence-electron chi connectivity index (χ1n) is 9.47. The predicted octanol–water partition coefficient (Wildman–Crippen LogP) is 2.67. The van der Waals surface area contributed by atoms with E-state index in [-0.39, 0.29) is 16.4 Å². The lowest BCUT2D eigenvalue weighted by Crippen LogP contribution is -2.44. The first-order valence-corrected chi connectivity index (χ1v) is 10.9. The Morgan fingerprint density at radius 2 is 1.96 bits per heavy atom. The van der Waals surface area contributed by atoms with Gasteiger partial charge in [-0.3, -0.25) is 4.90 Å². The van der Waals surface area contributed by atoms with Gasteiger partial charge in [-0.1, -0.05) is 11.2 Å². The van der Waals surface area contributed by atoms with Crippen molar-refractivity contribution in [1.29, 1.82) is 0 Å². The quantitative estimate of drug-likeness (QED) is 0.777. The van der Waals surface area contributed by atoms with Gasteiger partial charge in [-0.2, -0.15) is 9.29 Å². The van der Waals surface area contributed by atoms with E-state index in [1.165, 1.54) is 16.4 Å². The van der Waals surface area contributed by atoms with Crippen molar-refractivity contribution in [3.63, 3.8) is 0 Å². The maximum absolute atomic E-state index is 13.6. The number of hydrogen-bond acceptors (Lipinski definition) is 6. The molecule has 2 aliphatic rings. The van der Waals surface area contributed by atoms with Crippen LogP contribution < -0.4 is 0 Å². The highest BCUT2D eigenvalue weighted by molar-refractivity contribution is 7.89. The van der Waals surface area contributed by atoms with Crippen LogP contribution in [0.5, 0.6) is 0 Å². The minimum atomic E-state index is -3.70. The molecule has 1 unspecified atom stereocenters. The highest BCUT2D eigenvalue weighted by Gasteiger charge is 2.47. The molecular weight excluding hydrogens is 383 g/mol. The van der Waals surface area contributed by atoms with Gasteiger partial charge in [0.25, 0.3) is 0 Å². The molecule has 0 saturated carbocycles. The van der Waals surface area contributed by atoms with E-state index in [4.69, 9.17) is 4.52 Å². The van der Waals surface area contributed by atoms with Crippen LogP contribution in [0.2, 0.25) is 0 Å². The van der Waals surface area contributed by atoms with Gasteiger partial charge in [-0.15, -0.1) is 0 Å². The van der Waals surface area contributed by atoms with Crippen LogP contribution in [0.25, 0.3) is 0 Å². The van der Waals surface area contributed by atoms with Crippen LogP contribution in [-0.4, -0.2) is 54.4 Å². The number of aromatic nitrogens is 2. The summed E-state index contributed by atoms with van der Waals surface area (Å²) in [5.74, 6) is 0.714. The molecule has 2 fully saturated rings. The Bertz CT molecular complexity index is 983. The summed E-state index contributed by atoms with van der Waals surface area (Å²) in [5.41, 5.74) is 0.603. The smallest absolute Gasteiger partial charge is 0.243 e. The van der Waals surface area contributed by atoms with Crippen molar-refractivity contribution < 1.29 is 17.3 Å². The largest absolute Gasteiger partial charge is 0.340 e. The summed E-state index contributed by atoms with van der Waals surface area (Å²) >= 11 is 0. The molecule has 1 atom stereocenters. The summed E-state index contributed by atoms with van der Waals surface area (Å²) in [7, 11) is -1.65. The number of aryl methyl sites for hydroxylation is 2. The number of piperidine rings is 1. The van der Waals surface area contributed by atoms with Gasteiger partial charge >= 0.3 is 0 Å². The Balaban J connectivity index is 1.49. The molecule has 0 aliphatic carbocycles. The first-order chi connectivity index (χ1) is 13.2. The third-order valence-corrected chi connectivity index (χ3v) is 8.18. The number of hydrogen-bond donors (Lipinski definition) is 0. The van der Waals surface area contributed by atoms with Gasteiger partial charge in [-0.25, -0.2) is 12.8 Å². The summed E-state index contributed by atoms with van der Waals surface area (Å²) in [6.45, 7) is 5.21. The Kier molecular flexibility index (Phi) is 4.79. The molecule has 0 amide bonds. The Morgan fingerprint density at radius 3 is 2.61 bits per heavy atom. The van der Waals surface area contributed by atoms with Gasteiger partial charge in [-0.05, 0) is 56.3 Å². The summed E-state index contributed by atoms with van der Waals surface area (Å²) in [5, 5.41) is 4.07. The number of sulfonamides is 1. The minimum absolute atomic E-state index is 0.0386. The standard InChI is InChI=1S/C19H25FN4O3S/c1-13-4-5-15(20)10-17(13)28(25,26)24-8-6-19(7-9-24)11-16(23(3)12-19)18-21-14(2)27-22-18/h4-5,10,16H,6-9,11-12H2,1-3H3. The molecule has 9 heteroatoms. The number of likely N-dealkylation sites (tertiary alicyclic amines) is 1. The molecule has 0 bridgehead atoms. The number of benzene rings is 1. The molecule has 4 rings (SSSR count). The van der Waals surface area contributed by atoms with Crippen molar-refractivity contribution >= 4 is 10.0 Å². The van der Waals surface area contributed by atoms with Crippen LogP contribution in [0.3, 0.4) is 0 Å². The molecule has 1 spiro atoms. The highest BCUT2D eigenvalue weighted by atomic mass is 32.2. The van der Waals surface area contributed by atoms with E-state index in [1.54, 1.807) is 13.8 Å². The van der Waals surface area contributed by atoms with Crippen LogP contribution in [0.15, 0.2) is 27.6 Å². The maximum Gasteiger partial charge on any atom is 0.243 e. The van der Waals surface area contributed by atoms with Crippen LogP contribution in [0.1, 0.15) is 42.6 Å². The van der Waals surface area contributed by atoms with E-state index in [0.717, 1.165) is 31.9 Å². The zero-order valence-corrected chi connectivity index (χ0v) is 17.2. The van der Waals surface area contributed by atoms with Crippen molar-refractivity contribution in [2.45, 2.75) is 44.0 Å². The van der Waals surface area contributed by atoms with Gasteiger partial charge in [0.05, 0.1) is 10.9 Å². The average molecular weight is 408 g/mol. The van der Waals surface area contributed by atoms with Gasteiger partial charge in [0.1, 0.15) is 5.82 Å². The molecule has 1 aromatic carbocycles. The fraction of sp³-hybridized carbons (Fsp3) is 0.579. The molecule has 28 heavy (non-hydrogen) atoms. The van der Waals surface area contributed by atoms with Gasteiger partial charge in [0.15, 0.2) is 5.82 Å². The lowest BCUT2D eigenvalue weighted by atomic mass is 9.77. The Labute approximate surface area is 164 Å². The van der Waals surface area contributed by atoms with Crippen molar-refractivity contribution in [3.05, 3.63) is 41.3 Å². The number of nitrogens with zero attached hydrogens (tertiary/aromatic N) is 4. The highest BCUT2D eigenvalue weighted by Crippen LogP contribution is 2.48. The summed E-state index contributed by atoms with van der Waals surface area (Å²) < 4.78 is 46.3. The van der Waals surface area contributed by atoms with Crippen LogP contribution in [-0.2, 0) is 10.0 Å². The molecular formula is C19H25FN4O3S. The van der Waals surface area contributed by atoms with E-state index in [2.05, 4.69) is 15.0 Å². The monoisotopic (exact) mass is 408 g/mol. The lowest BCUT2D eigenvalue weighted by molar-refractivity contribution is 0.161. The van der Waals surface area contributed by atoms with E-state index in [9.17, 15) is 12.8 Å². The normalized spacial score (nSPS) is 23.5. The van der Waals surface area contributed by atoms with Crippen molar-refractivity contribution in [2.75, 3.05) is 26.7 Å². The molecule has 7 nitrogen and oxygen atoms in total. The second kappa shape index (κ2) is 6.89. The van der Waals surface area contributed by atoms with Crippen molar-refractivity contribution in [2.24, 2.45) is 5.41 Å². The molecule has 3 heterocycles. The molecule has 0 radical (unpaired) electrons. The summed E-state index contributed by atoms with van der Waals surface area (Å²) in [6, 6.07) is 4.00. The third kappa shape index (κ3) is 3.35. The van der Waals surface area contributed by atoms with Gasteiger partial charge < -0.3 is 4.52 Å². The van der Waals surface area contributed by atoms with Crippen LogP contribution >= 0.6 is 0 Å². The first kappa shape index (κ1) is 19.5. The Morgan fingerprint density at radius 1 is 1.25 bits per heavy atom. The average Bonchev–Trinajstić information content (AvgIpc) is 3.21. The molecule has 0 N–H and O–H groups in total. The summed E-state index contributed by atoms with van der Waals surface area (Å²) in [6.07, 6.45) is 2.41. The third-order valence-electron chi connectivity index (χ3n) is 6.14. The minimum Gasteiger partial charge on any atom is -0.340 e. The second-order valence-electron chi connectivity index (χ2n) is 8.12. The molecule has 1 aromatic heterocycles. The fourth-order valence-electron chi connectivity index (χ4n) is 4.56. The molecule has 2 saturated heterocycles. The maximum atomic E-state index is 13.6.